The molecule has 0 aromatic heterocycles. The van der Waals surface area contributed by atoms with Crippen molar-refractivity contribution in [3.63, 3.8) is 0 Å². The van der Waals surface area contributed by atoms with E-state index in [2.05, 4.69) is 32.2 Å². The molecule has 2 rings (SSSR count). The van der Waals surface area contributed by atoms with Crippen molar-refractivity contribution in [3.05, 3.63) is 28.8 Å². The van der Waals surface area contributed by atoms with Crippen molar-refractivity contribution in [1.82, 2.24) is 5.32 Å². The maximum Gasteiger partial charge on any atom is 0.125 e. The Balaban J connectivity index is 1.99. The van der Waals surface area contributed by atoms with Crippen molar-refractivity contribution in [2.24, 2.45) is 11.8 Å². The number of hydrogen-bond acceptors (Lipinski definition) is 2. The van der Waals surface area contributed by atoms with E-state index in [1.165, 1.54) is 12.8 Å². The first-order chi connectivity index (χ1) is 10.1. The minimum atomic E-state index is 0.350. The van der Waals surface area contributed by atoms with E-state index in [9.17, 15) is 0 Å². The van der Waals surface area contributed by atoms with Gasteiger partial charge in [-0.25, -0.2) is 0 Å². The van der Waals surface area contributed by atoms with Crippen LogP contribution in [0.4, 0.5) is 0 Å². The van der Waals surface area contributed by atoms with E-state index in [1.54, 1.807) is 0 Å². The monoisotopic (exact) mass is 309 g/mol. The highest BCUT2D eigenvalue weighted by atomic mass is 35.5. The number of ether oxygens (including phenoxy) is 1. The number of hydrogen-bond donors (Lipinski definition) is 1. The van der Waals surface area contributed by atoms with E-state index >= 15 is 0 Å². The van der Waals surface area contributed by atoms with Gasteiger partial charge in [-0.15, -0.1) is 0 Å². The van der Waals surface area contributed by atoms with Crippen LogP contribution in [0.2, 0.25) is 5.02 Å². The molecule has 3 heteroatoms. The van der Waals surface area contributed by atoms with Gasteiger partial charge >= 0.3 is 0 Å². The second-order valence-electron chi connectivity index (χ2n) is 6.74. The summed E-state index contributed by atoms with van der Waals surface area (Å²) in [5.41, 5.74) is 1.10. The molecular weight excluding hydrogens is 282 g/mol. The highest BCUT2D eigenvalue weighted by Crippen LogP contribution is 2.31. The molecule has 0 aliphatic heterocycles. The number of halogens is 1. The van der Waals surface area contributed by atoms with E-state index in [-0.39, 0.29) is 0 Å². The number of rotatable bonds is 6. The van der Waals surface area contributed by atoms with Crippen LogP contribution in [0, 0.1) is 11.8 Å². The zero-order chi connectivity index (χ0) is 15.2. The average Bonchev–Trinajstić information content (AvgIpc) is 2.44. The highest BCUT2D eigenvalue weighted by molar-refractivity contribution is 6.31. The Labute approximate surface area is 134 Å². The largest absolute Gasteiger partial charge is 0.490 e. The van der Waals surface area contributed by atoms with Crippen molar-refractivity contribution >= 4 is 11.6 Å². The van der Waals surface area contributed by atoms with E-state index in [0.717, 1.165) is 48.2 Å². The third-order valence-electron chi connectivity index (χ3n) is 4.19. The molecule has 1 saturated carbocycles. The van der Waals surface area contributed by atoms with Gasteiger partial charge in [0.1, 0.15) is 5.75 Å². The Morgan fingerprint density at radius 1 is 1.24 bits per heavy atom. The summed E-state index contributed by atoms with van der Waals surface area (Å²) >= 11 is 6.37. The minimum absolute atomic E-state index is 0.350. The molecule has 0 atom stereocenters. The molecule has 1 N–H and O–H groups in total. The third kappa shape index (κ3) is 5.19. The van der Waals surface area contributed by atoms with E-state index in [1.807, 2.05) is 12.1 Å². The van der Waals surface area contributed by atoms with E-state index in [4.69, 9.17) is 16.3 Å². The first kappa shape index (κ1) is 16.6. The number of benzene rings is 1. The van der Waals surface area contributed by atoms with Gasteiger partial charge in [0.2, 0.25) is 0 Å². The van der Waals surface area contributed by atoms with Gasteiger partial charge in [0.25, 0.3) is 0 Å². The summed E-state index contributed by atoms with van der Waals surface area (Å²) < 4.78 is 6.25. The van der Waals surface area contributed by atoms with Crippen LogP contribution in [0.25, 0.3) is 0 Å². The molecule has 118 valence electrons. The van der Waals surface area contributed by atoms with Crippen LogP contribution >= 0.6 is 11.6 Å². The normalized spacial score (nSPS) is 22.5. The van der Waals surface area contributed by atoms with Crippen molar-refractivity contribution < 1.29 is 4.74 Å². The molecule has 0 radical (unpaired) electrons. The van der Waals surface area contributed by atoms with E-state index < -0.39 is 0 Å². The van der Waals surface area contributed by atoms with Crippen molar-refractivity contribution in [3.8, 4) is 5.75 Å². The molecule has 1 fully saturated rings. The Bertz CT molecular complexity index is 439. The molecule has 1 aliphatic carbocycles. The standard InChI is InChI=1S/C18H28ClNO/c1-13(2)11-20-12-16-17(19)5-4-6-18(16)21-15-9-7-14(3)8-10-15/h4-6,13-15,20H,7-12H2,1-3H3. The third-order valence-corrected chi connectivity index (χ3v) is 4.54. The molecule has 0 bridgehead atoms. The molecule has 21 heavy (non-hydrogen) atoms. The summed E-state index contributed by atoms with van der Waals surface area (Å²) in [6.07, 6.45) is 5.21. The van der Waals surface area contributed by atoms with E-state index in [0.29, 0.717) is 12.0 Å². The summed E-state index contributed by atoms with van der Waals surface area (Å²) in [5, 5.41) is 4.26. The zero-order valence-corrected chi connectivity index (χ0v) is 14.2. The first-order valence-corrected chi connectivity index (χ1v) is 8.58. The number of nitrogens with one attached hydrogen (secondary N) is 1. The topological polar surface area (TPSA) is 21.3 Å². The molecule has 0 saturated heterocycles. The Hall–Kier alpha value is -0.730. The van der Waals surface area contributed by atoms with Gasteiger partial charge in [-0.1, -0.05) is 38.4 Å². The van der Waals surface area contributed by atoms with Crippen LogP contribution in [-0.2, 0) is 6.54 Å². The summed E-state index contributed by atoms with van der Waals surface area (Å²) in [6, 6.07) is 5.98. The molecule has 0 unspecified atom stereocenters. The van der Waals surface area contributed by atoms with Crippen LogP contribution < -0.4 is 10.1 Å². The Morgan fingerprint density at radius 2 is 1.95 bits per heavy atom. The predicted octanol–water partition coefficient (Wildman–Crippen LogP) is 5.04. The fraction of sp³-hybridized carbons (Fsp3) is 0.667. The van der Waals surface area contributed by atoms with Gasteiger partial charge in [0.15, 0.2) is 0 Å². The summed E-state index contributed by atoms with van der Waals surface area (Å²) in [7, 11) is 0. The van der Waals surface area contributed by atoms with Crippen LogP contribution in [-0.4, -0.2) is 12.6 Å². The average molecular weight is 310 g/mol. The Morgan fingerprint density at radius 3 is 2.62 bits per heavy atom. The molecule has 1 aromatic rings. The summed E-state index contributed by atoms with van der Waals surface area (Å²) in [4.78, 5) is 0. The maximum atomic E-state index is 6.37. The fourth-order valence-corrected chi connectivity index (χ4v) is 3.07. The zero-order valence-electron chi connectivity index (χ0n) is 13.5. The lowest BCUT2D eigenvalue weighted by Crippen LogP contribution is -2.24. The van der Waals surface area contributed by atoms with Crippen LogP contribution in [0.3, 0.4) is 0 Å². The van der Waals surface area contributed by atoms with Crippen LogP contribution in [0.1, 0.15) is 52.0 Å². The quantitative estimate of drug-likeness (QED) is 0.794. The van der Waals surface area contributed by atoms with Gasteiger partial charge in [-0.05, 0) is 56.2 Å². The lowest BCUT2D eigenvalue weighted by molar-refractivity contribution is 0.134. The molecule has 0 spiro atoms. The molecule has 0 amide bonds. The second-order valence-corrected chi connectivity index (χ2v) is 7.15. The van der Waals surface area contributed by atoms with Gasteiger partial charge < -0.3 is 10.1 Å². The highest BCUT2D eigenvalue weighted by Gasteiger charge is 2.21. The van der Waals surface area contributed by atoms with Crippen molar-refractivity contribution in [1.29, 1.82) is 0 Å². The predicted molar refractivity (Wildman–Crippen MR) is 90.0 cm³/mol. The molecule has 0 heterocycles. The molecule has 1 aliphatic rings. The Kier molecular flexibility index (Phi) is 6.38. The van der Waals surface area contributed by atoms with Crippen LogP contribution in [0.15, 0.2) is 18.2 Å². The lowest BCUT2D eigenvalue weighted by atomic mass is 9.89. The van der Waals surface area contributed by atoms with Gasteiger partial charge in [0, 0.05) is 17.1 Å². The molecular formula is C18H28ClNO. The molecule has 2 nitrogen and oxygen atoms in total. The second kappa shape index (κ2) is 8.05. The van der Waals surface area contributed by atoms with Crippen molar-refractivity contribution in [2.75, 3.05) is 6.54 Å². The first-order valence-electron chi connectivity index (χ1n) is 8.21. The fourth-order valence-electron chi connectivity index (χ4n) is 2.83. The van der Waals surface area contributed by atoms with Gasteiger partial charge in [0.05, 0.1) is 6.10 Å². The smallest absolute Gasteiger partial charge is 0.125 e. The minimum Gasteiger partial charge on any atom is -0.490 e. The summed E-state index contributed by atoms with van der Waals surface area (Å²) in [6.45, 7) is 8.51. The van der Waals surface area contributed by atoms with Crippen molar-refractivity contribution in [2.45, 2.75) is 59.1 Å². The summed E-state index contributed by atoms with van der Waals surface area (Å²) in [5.74, 6) is 2.44. The maximum absolute atomic E-state index is 6.37. The molecule has 1 aromatic carbocycles. The van der Waals surface area contributed by atoms with Gasteiger partial charge in [-0.2, -0.15) is 0 Å². The van der Waals surface area contributed by atoms with Gasteiger partial charge in [-0.3, -0.25) is 0 Å². The SMILES string of the molecule is CC(C)CNCc1c(Cl)cccc1OC1CCC(C)CC1. The van der Waals surface area contributed by atoms with Crippen LogP contribution in [0.5, 0.6) is 5.75 Å². The lowest BCUT2D eigenvalue weighted by Gasteiger charge is -2.28.